The summed E-state index contributed by atoms with van der Waals surface area (Å²) in [6.07, 6.45) is 24.2. The molecule has 256 valence electrons. The van der Waals surface area contributed by atoms with Crippen molar-refractivity contribution in [1.29, 1.82) is 0 Å². The van der Waals surface area contributed by atoms with E-state index in [1.807, 2.05) is 0 Å². The van der Waals surface area contributed by atoms with Crippen LogP contribution in [0.25, 0.3) is 0 Å². The maximum atomic E-state index is 12.5. The second-order valence-corrected chi connectivity index (χ2v) is 14.0. The van der Waals surface area contributed by atoms with Crippen molar-refractivity contribution in [3.8, 4) is 0 Å². The lowest BCUT2D eigenvalue weighted by Crippen LogP contribution is -2.49. The molecule has 0 rings (SSSR count). The minimum absolute atomic E-state index is 0.274. The number of rotatable bonds is 30. The van der Waals surface area contributed by atoms with E-state index in [1.165, 1.54) is 89.5 Å². The van der Waals surface area contributed by atoms with Gasteiger partial charge in [0.05, 0.1) is 18.8 Å². The van der Waals surface area contributed by atoms with Gasteiger partial charge >= 0.3 is 0 Å². The Morgan fingerprint density at radius 3 is 1.72 bits per heavy atom. The maximum Gasteiger partial charge on any atom is 0.249 e. The van der Waals surface area contributed by atoms with E-state index in [0.717, 1.165) is 50.4 Å². The van der Waals surface area contributed by atoms with Crippen LogP contribution in [0.4, 0.5) is 0 Å². The zero-order valence-electron chi connectivity index (χ0n) is 27.9. The first kappa shape index (κ1) is 42.0. The van der Waals surface area contributed by atoms with Crippen molar-refractivity contribution in [2.75, 3.05) is 6.61 Å². The fraction of sp³-hybridized carbons (Fsp3) is 0.912. The summed E-state index contributed by atoms with van der Waals surface area (Å²) in [5.41, 5.74) is 0. The molecule has 0 bridgehead atoms. The Balaban J connectivity index is 4.25. The van der Waals surface area contributed by atoms with Gasteiger partial charge < -0.3 is 20.1 Å². The molecular weight excluding hydrogens is 566 g/mol. The van der Waals surface area contributed by atoms with Crippen molar-refractivity contribution in [3.63, 3.8) is 0 Å². The second-order valence-electron chi connectivity index (χ2n) is 13.0. The van der Waals surface area contributed by atoms with E-state index >= 15 is 0 Å². The Labute approximate surface area is 264 Å². The molecule has 43 heavy (non-hydrogen) atoms. The highest BCUT2D eigenvalue weighted by Gasteiger charge is 2.24. The van der Waals surface area contributed by atoms with E-state index in [-0.39, 0.29) is 6.42 Å². The molecule has 8 nitrogen and oxygen atoms in total. The molecule has 0 heterocycles. The van der Waals surface area contributed by atoms with Gasteiger partial charge in [0.25, 0.3) is 0 Å². The van der Waals surface area contributed by atoms with Crippen LogP contribution in [0, 0.1) is 11.8 Å². The fourth-order valence-electron chi connectivity index (χ4n) is 5.13. The van der Waals surface area contributed by atoms with Gasteiger partial charge in [-0.25, -0.2) is 8.42 Å². The SMILES string of the molecule is CCC(C)CCCCCCCC[C@@H](O)C(=O)N[C@@H](COS(=O)(=O)[O-])[C@H](O)/C=C/CCCCCCCCCCCCC(C)C. The van der Waals surface area contributed by atoms with Crippen molar-refractivity contribution in [1.82, 2.24) is 5.32 Å². The van der Waals surface area contributed by atoms with Gasteiger partial charge in [-0.1, -0.05) is 155 Å². The summed E-state index contributed by atoms with van der Waals surface area (Å²) >= 11 is 0. The van der Waals surface area contributed by atoms with Crippen LogP contribution >= 0.6 is 0 Å². The maximum absolute atomic E-state index is 12.5. The Morgan fingerprint density at radius 1 is 0.767 bits per heavy atom. The first-order valence-corrected chi connectivity index (χ1v) is 18.7. The molecule has 0 aromatic carbocycles. The van der Waals surface area contributed by atoms with Crippen LogP contribution in [0.5, 0.6) is 0 Å². The summed E-state index contributed by atoms with van der Waals surface area (Å²) in [6, 6.07) is -1.17. The molecule has 0 aliphatic carbocycles. The fourth-order valence-corrected chi connectivity index (χ4v) is 5.45. The molecule has 0 aliphatic rings. The Hall–Kier alpha value is -1.00. The number of unbranched alkanes of at least 4 members (excludes halogenated alkanes) is 15. The summed E-state index contributed by atoms with van der Waals surface area (Å²) in [6.45, 7) is 8.35. The summed E-state index contributed by atoms with van der Waals surface area (Å²) in [5, 5.41) is 23.3. The third-order valence-electron chi connectivity index (χ3n) is 8.29. The van der Waals surface area contributed by atoms with Crippen molar-refractivity contribution < 1.29 is 32.2 Å². The van der Waals surface area contributed by atoms with Crippen LogP contribution in [0.15, 0.2) is 12.2 Å². The third-order valence-corrected chi connectivity index (χ3v) is 8.72. The van der Waals surface area contributed by atoms with Crippen molar-refractivity contribution in [2.45, 2.75) is 181 Å². The van der Waals surface area contributed by atoms with Crippen LogP contribution in [0.3, 0.4) is 0 Å². The first-order chi connectivity index (χ1) is 20.5. The third kappa shape index (κ3) is 28.2. The molecule has 0 radical (unpaired) electrons. The van der Waals surface area contributed by atoms with Gasteiger partial charge in [-0.3, -0.25) is 8.98 Å². The lowest BCUT2D eigenvalue weighted by atomic mass is 9.99. The highest BCUT2D eigenvalue weighted by atomic mass is 32.3. The van der Waals surface area contributed by atoms with Gasteiger partial charge in [-0.05, 0) is 31.1 Å². The standard InChI is InChI=1S/C34H67NO7S/c1-5-30(4)25-21-17-14-15-19-23-27-33(37)34(38)35-31(28-42-43(39,40)41)32(36)26-22-18-13-11-9-7-6-8-10-12-16-20-24-29(2)3/h22,26,29-33,36-37H,5-21,23-25,27-28H2,1-4H3,(H,35,38)(H,39,40,41)/p-1/b26-22+/t30?,31-,32+,33+/m0/s1. The van der Waals surface area contributed by atoms with E-state index in [1.54, 1.807) is 6.08 Å². The minimum atomic E-state index is -4.99. The van der Waals surface area contributed by atoms with Crippen LogP contribution < -0.4 is 5.32 Å². The van der Waals surface area contributed by atoms with E-state index in [2.05, 4.69) is 37.2 Å². The number of carbonyl (C=O) groups is 1. The van der Waals surface area contributed by atoms with Crippen LogP contribution in [0.2, 0.25) is 0 Å². The molecule has 0 saturated carbocycles. The minimum Gasteiger partial charge on any atom is -0.726 e. The number of allylic oxidation sites excluding steroid dienone is 1. The molecule has 1 amide bonds. The predicted molar refractivity (Wildman–Crippen MR) is 175 cm³/mol. The summed E-state index contributed by atoms with van der Waals surface area (Å²) < 4.78 is 37.2. The molecule has 0 spiro atoms. The van der Waals surface area contributed by atoms with Gasteiger partial charge in [0.1, 0.15) is 6.10 Å². The zero-order chi connectivity index (χ0) is 32.3. The summed E-state index contributed by atoms with van der Waals surface area (Å²) in [7, 11) is -4.99. The topological polar surface area (TPSA) is 136 Å². The van der Waals surface area contributed by atoms with Gasteiger partial charge in [0.2, 0.25) is 16.3 Å². The molecule has 9 heteroatoms. The van der Waals surface area contributed by atoms with E-state index < -0.39 is 41.2 Å². The van der Waals surface area contributed by atoms with Crippen LogP contribution in [-0.4, -0.2) is 53.9 Å². The normalized spacial score (nSPS) is 15.2. The van der Waals surface area contributed by atoms with Gasteiger partial charge in [0, 0.05) is 0 Å². The Bertz CT molecular complexity index is 788. The number of aliphatic hydroxyl groups excluding tert-OH is 2. The molecule has 3 N–H and O–H groups in total. The van der Waals surface area contributed by atoms with Crippen LogP contribution in [0.1, 0.15) is 163 Å². The largest absolute Gasteiger partial charge is 0.726 e. The smallest absolute Gasteiger partial charge is 0.249 e. The average molecular weight is 633 g/mol. The lowest BCUT2D eigenvalue weighted by Gasteiger charge is -2.24. The number of amides is 1. The number of hydrogen-bond acceptors (Lipinski definition) is 7. The van der Waals surface area contributed by atoms with E-state index in [0.29, 0.717) is 6.42 Å². The number of carbonyl (C=O) groups excluding carboxylic acids is 1. The van der Waals surface area contributed by atoms with Gasteiger partial charge in [0.15, 0.2) is 0 Å². The Kier molecular flexibility index (Phi) is 26.7. The molecule has 1 unspecified atom stereocenters. The van der Waals surface area contributed by atoms with Crippen LogP contribution in [-0.2, 0) is 19.4 Å². The molecule has 0 saturated heterocycles. The predicted octanol–water partition coefficient (Wildman–Crippen LogP) is 7.73. The number of hydrogen-bond donors (Lipinski definition) is 3. The van der Waals surface area contributed by atoms with Crippen molar-refractivity contribution >= 4 is 16.3 Å². The molecular formula is C34H66NO7S-. The molecule has 0 aliphatic heterocycles. The van der Waals surface area contributed by atoms with Gasteiger partial charge in [-0.2, -0.15) is 0 Å². The highest BCUT2D eigenvalue weighted by molar-refractivity contribution is 7.80. The van der Waals surface area contributed by atoms with Gasteiger partial charge in [-0.15, -0.1) is 0 Å². The summed E-state index contributed by atoms with van der Waals surface area (Å²) in [4.78, 5) is 12.5. The van der Waals surface area contributed by atoms with Crippen molar-refractivity contribution in [2.24, 2.45) is 11.8 Å². The van der Waals surface area contributed by atoms with E-state index in [4.69, 9.17) is 0 Å². The zero-order valence-corrected chi connectivity index (χ0v) is 28.8. The molecule has 0 fully saturated rings. The number of nitrogens with one attached hydrogen (secondary N) is 1. The lowest BCUT2D eigenvalue weighted by molar-refractivity contribution is -0.131. The van der Waals surface area contributed by atoms with E-state index in [9.17, 15) is 28.0 Å². The Morgan fingerprint density at radius 2 is 1.23 bits per heavy atom. The first-order valence-electron chi connectivity index (χ1n) is 17.4. The average Bonchev–Trinajstić information content (AvgIpc) is 2.95. The second kappa shape index (κ2) is 27.3. The summed E-state index contributed by atoms with van der Waals surface area (Å²) in [5.74, 6) is 0.863. The highest BCUT2D eigenvalue weighted by Crippen LogP contribution is 2.16. The van der Waals surface area contributed by atoms with Crippen molar-refractivity contribution in [3.05, 3.63) is 12.2 Å². The molecule has 0 aromatic heterocycles. The number of aliphatic hydroxyl groups is 2. The monoisotopic (exact) mass is 632 g/mol. The molecule has 0 aromatic rings. The molecule has 4 atom stereocenters. The quantitative estimate of drug-likeness (QED) is 0.0319.